The van der Waals surface area contributed by atoms with Crippen molar-refractivity contribution >= 4 is 17.5 Å². The lowest BCUT2D eigenvalue weighted by Gasteiger charge is -2.15. The molecule has 26 heavy (non-hydrogen) atoms. The Balaban J connectivity index is 1.89. The number of benzene rings is 2. The third-order valence-electron chi connectivity index (χ3n) is 3.68. The maximum atomic E-state index is 12.3. The lowest BCUT2D eigenvalue weighted by molar-refractivity contribution is -0.122. The van der Waals surface area contributed by atoms with E-state index in [1.165, 1.54) is 0 Å². The Morgan fingerprint density at radius 2 is 1.85 bits per heavy atom. The van der Waals surface area contributed by atoms with Crippen LogP contribution < -0.4 is 15.4 Å². The Kier molecular flexibility index (Phi) is 7.17. The molecule has 0 fully saturated rings. The quantitative estimate of drug-likeness (QED) is 0.713. The van der Waals surface area contributed by atoms with Gasteiger partial charge in [-0.3, -0.25) is 9.59 Å². The van der Waals surface area contributed by atoms with E-state index in [0.717, 1.165) is 5.56 Å². The maximum absolute atomic E-state index is 12.3. The van der Waals surface area contributed by atoms with Gasteiger partial charge in [0.2, 0.25) is 0 Å². The summed E-state index contributed by atoms with van der Waals surface area (Å²) in [5, 5.41) is 5.52. The first kappa shape index (κ1) is 19.5. The zero-order valence-electron chi connectivity index (χ0n) is 15.2. The first-order chi connectivity index (χ1) is 12.5. The van der Waals surface area contributed by atoms with Crippen molar-refractivity contribution in [2.24, 2.45) is 0 Å². The van der Waals surface area contributed by atoms with Gasteiger partial charge in [-0.15, -0.1) is 0 Å². The molecule has 138 valence electrons. The lowest BCUT2D eigenvalue weighted by Crippen LogP contribution is -2.30. The minimum absolute atomic E-state index is 0.184. The van der Waals surface area contributed by atoms with E-state index in [1.807, 2.05) is 31.2 Å². The summed E-state index contributed by atoms with van der Waals surface area (Å²) in [6.07, 6.45) is -0.645. The molecule has 2 N–H and O–H groups in total. The van der Waals surface area contributed by atoms with E-state index >= 15 is 0 Å². The van der Waals surface area contributed by atoms with Crippen LogP contribution >= 0.6 is 0 Å². The molecule has 1 atom stereocenters. The molecule has 0 bridgehead atoms. The van der Waals surface area contributed by atoms with Crippen molar-refractivity contribution in [1.29, 1.82) is 0 Å². The van der Waals surface area contributed by atoms with Gasteiger partial charge in [0.1, 0.15) is 5.75 Å². The number of hydrogen-bond acceptors (Lipinski definition) is 4. The summed E-state index contributed by atoms with van der Waals surface area (Å²) < 4.78 is 10.5. The summed E-state index contributed by atoms with van der Waals surface area (Å²) in [5.41, 5.74) is 2.18. The molecule has 2 amide bonds. The second-order valence-electron chi connectivity index (χ2n) is 5.89. The number of carbonyl (C=O) groups is 2. The van der Waals surface area contributed by atoms with Crippen LogP contribution in [0.15, 0.2) is 48.5 Å². The fourth-order valence-corrected chi connectivity index (χ4v) is 2.26. The zero-order valence-corrected chi connectivity index (χ0v) is 15.2. The van der Waals surface area contributed by atoms with Crippen LogP contribution in [0.3, 0.4) is 0 Å². The molecule has 0 aromatic heterocycles. The Morgan fingerprint density at radius 3 is 2.50 bits per heavy atom. The number of methoxy groups -OCH3 is 1. The molecule has 0 spiro atoms. The number of ether oxygens (including phenoxy) is 2. The third kappa shape index (κ3) is 5.89. The SMILES string of the molecule is COCCNC(=O)c1ccc(NC(=O)C(C)Oc2cccc(C)c2)cc1. The summed E-state index contributed by atoms with van der Waals surface area (Å²) in [4.78, 5) is 24.2. The second kappa shape index (κ2) is 9.58. The van der Waals surface area contributed by atoms with Gasteiger partial charge in [-0.25, -0.2) is 0 Å². The number of rotatable bonds is 8. The predicted octanol–water partition coefficient (Wildman–Crippen LogP) is 2.78. The van der Waals surface area contributed by atoms with E-state index < -0.39 is 6.10 Å². The summed E-state index contributed by atoms with van der Waals surface area (Å²) in [5.74, 6) is 0.204. The van der Waals surface area contributed by atoms with E-state index in [2.05, 4.69) is 10.6 Å². The standard InChI is InChI=1S/C20H24N2O4/c1-14-5-4-6-18(13-14)26-15(2)19(23)22-17-9-7-16(8-10-17)20(24)21-11-12-25-3/h4-10,13,15H,11-12H2,1-3H3,(H,21,24)(H,22,23). The lowest BCUT2D eigenvalue weighted by atomic mass is 10.2. The van der Waals surface area contributed by atoms with Gasteiger partial charge in [-0.1, -0.05) is 12.1 Å². The number of nitrogens with one attached hydrogen (secondary N) is 2. The molecule has 0 aliphatic carbocycles. The topological polar surface area (TPSA) is 76.7 Å². The van der Waals surface area contributed by atoms with Crippen LogP contribution in [-0.4, -0.2) is 38.2 Å². The second-order valence-corrected chi connectivity index (χ2v) is 5.89. The van der Waals surface area contributed by atoms with Crippen molar-refractivity contribution in [2.45, 2.75) is 20.0 Å². The highest BCUT2D eigenvalue weighted by atomic mass is 16.5. The first-order valence-corrected chi connectivity index (χ1v) is 8.41. The molecule has 6 heteroatoms. The number of carbonyl (C=O) groups excluding carboxylic acids is 2. The van der Waals surface area contributed by atoms with Gasteiger partial charge in [0.25, 0.3) is 11.8 Å². The first-order valence-electron chi connectivity index (χ1n) is 8.41. The summed E-state index contributed by atoms with van der Waals surface area (Å²) in [7, 11) is 1.58. The highest BCUT2D eigenvalue weighted by Crippen LogP contribution is 2.15. The van der Waals surface area contributed by atoms with Crippen LogP contribution in [0.2, 0.25) is 0 Å². The molecule has 0 aliphatic heterocycles. The molecule has 0 saturated heterocycles. The number of hydrogen-bond donors (Lipinski definition) is 2. The van der Waals surface area contributed by atoms with Crippen LogP contribution in [0.1, 0.15) is 22.8 Å². The maximum Gasteiger partial charge on any atom is 0.265 e. The number of aryl methyl sites for hydroxylation is 1. The summed E-state index contributed by atoms with van der Waals surface area (Å²) in [6, 6.07) is 14.2. The van der Waals surface area contributed by atoms with E-state index in [1.54, 1.807) is 38.3 Å². The van der Waals surface area contributed by atoms with E-state index in [9.17, 15) is 9.59 Å². The van der Waals surface area contributed by atoms with E-state index in [0.29, 0.717) is 30.2 Å². The van der Waals surface area contributed by atoms with Crippen LogP contribution in [-0.2, 0) is 9.53 Å². The molecule has 2 rings (SSSR count). The Labute approximate surface area is 153 Å². The molecule has 6 nitrogen and oxygen atoms in total. The van der Waals surface area contributed by atoms with E-state index in [4.69, 9.17) is 9.47 Å². The fraction of sp³-hybridized carbons (Fsp3) is 0.300. The van der Waals surface area contributed by atoms with Crippen LogP contribution in [0, 0.1) is 6.92 Å². The van der Waals surface area contributed by atoms with Gasteiger partial charge in [-0.2, -0.15) is 0 Å². The van der Waals surface area contributed by atoms with Crippen molar-refractivity contribution in [3.8, 4) is 5.75 Å². The van der Waals surface area contributed by atoms with Crippen LogP contribution in [0.25, 0.3) is 0 Å². The summed E-state index contributed by atoms with van der Waals surface area (Å²) in [6.45, 7) is 4.56. The van der Waals surface area contributed by atoms with Crippen molar-refractivity contribution < 1.29 is 19.1 Å². The molecule has 0 saturated carbocycles. The molecular weight excluding hydrogens is 332 g/mol. The number of amides is 2. The molecular formula is C20H24N2O4. The van der Waals surface area contributed by atoms with Crippen molar-refractivity contribution in [3.63, 3.8) is 0 Å². The molecule has 0 radical (unpaired) electrons. The molecule has 1 unspecified atom stereocenters. The van der Waals surface area contributed by atoms with Gasteiger partial charge in [0.15, 0.2) is 6.10 Å². The minimum Gasteiger partial charge on any atom is -0.481 e. The Bertz CT molecular complexity index is 744. The van der Waals surface area contributed by atoms with Gasteiger partial charge in [-0.05, 0) is 55.8 Å². The average Bonchev–Trinajstić information content (AvgIpc) is 2.62. The van der Waals surface area contributed by atoms with Crippen LogP contribution in [0.5, 0.6) is 5.75 Å². The largest absolute Gasteiger partial charge is 0.481 e. The smallest absolute Gasteiger partial charge is 0.265 e. The molecule has 2 aromatic carbocycles. The normalized spacial score (nSPS) is 11.5. The zero-order chi connectivity index (χ0) is 18.9. The molecule has 0 heterocycles. The van der Waals surface area contributed by atoms with Gasteiger partial charge >= 0.3 is 0 Å². The van der Waals surface area contributed by atoms with E-state index in [-0.39, 0.29) is 11.8 Å². The van der Waals surface area contributed by atoms with Gasteiger partial charge in [0, 0.05) is 24.9 Å². The average molecular weight is 356 g/mol. The Morgan fingerprint density at radius 1 is 1.12 bits per heavy atom. The summed E-state index contributed by atoms with van der Waals surface area (Å²) >= 11 is 0. The monoisotopic (exact) mass is 356 g/mol. The highest BCUT2D eigenvalue weighted by molar-refractivity contribution is 5.96. The van der Waals surface area contributed by atoms with Crippen LogP contribution in [0.4, 0.5) is 5.69 Å². The highest BCUT2D eigenvalue weighted by Gasteiger charge is 2.15. The molecule has 0 aliphatic rings. The van der Waals surface area contributed by atoms with Crippen molar-refractivity contribution in [2.75, 3.05) is 25.6 Å². The van der Waals surface area contributed by atoms with Crippen molar-refractivity contribution in [1.82, 2.24) is 5.32 Å². The third-order valence-corrected chi connectivity index (χ3v) is 3.68. The van der Waals surface area contributed by atoms with Crippen molar-refractivity contribution in [3.05, 3.63) is 59.7 Å². The fourth-order valence-electron chi connectivity index (χ4n) is 2.26. The molecule has 2 aromatic rings. The predicted molar refractivity (Wildman–Crippen MR) is 101 cm³/mol. The van der Waals surface area contributed by atoms with Gasteiger partial charge < -0.3 is 20.1 Å². The minimum atomic E-state index is -0.645. The number of anilines is 1. The van der Waals surface area contributed by atoms with Gasteiger partial charge in [0.05, 0.1) is 6.61 Å². The Hall–Kier alpha value is -2.86.